The van der Waals surface area contributed by atoms with Crippen LogP contribution in [0.3, 0.4) is 0 Å². The van der Waals surface area contributed by atoms with Crippen molar-refractivity contribution in [3.63, 3.8) is 0 Å². The van der Waals surface area contributed by atoms with Crippen LogP contribution in [0.4, 0.5) is 11.4 Å². The second-order valence-corrected chi connectivity index (χ2v) is 4.07. The maximum atomic E-state index is 11.9. The molecule has 2 heterocycles. The maximum absolute atomic E-state index is 11.9. The summed E-state index contributed by atoms with van der Waals surface area (Å²) in [5, 5.41) is 2.73. The molecule has 0 saturated heterocycles. The molecular formula is C14H11N3O2. The zero-order valence-electron chi connectivity index (χ0n) is 9.96. The molecule has 3 rings (SSSR count). The zero-order chi connectivity index (χ0) is 13.2. The molecular weight excluding hydrogens is 242 g/mol. The van der Waals surface area contributed by atoms with Crippen LogP contribution in [0.25, 0.3) is 6.08 Å². The minimum Gasteiger partial charge on any atom is -0.449 e. The average Bonchev–Trinajstić information content (AvgIpc) is 2.41. The largest absolute Gasteiger partial charge is 0.449 e. The highest BCUT2D eigenvalue weighted by Gasteiger charge is 2.22. The van der Waals surface area contributed by atoms with E-state index in [1.54, 1.807) is 36.5 Å². The summed E-state index contributed by atoms with van der Waals surface area (Å²) in [6.07, 6.45) is 3.25. The lowest BCUT2D eigenvalue weighted by Gasteiger charge is -2.20. The van der Waals surface area contributed by atoms with Crippen molar-refractivity contribution in [1.29, 1.82) is 0 Å². The van der Waals surface area contributed by atoms with Gasteiger partial charge in [0, 0.05) is 18.0 Å². The number of hydrogen-bond donors (Lipinski definition) is 2. The number of nitrogens with zero attached hydrogens (tertiary/aromatic N) is 1. The molecule has 0 atom stereocenters. The molecule has 1 aliphatic heterocycles. The van der Waals surface area contributed by atoms with E-state index in [0.29, 0.717) is 22.8 Å². The first-order chi connectivity index (χ1) is 9.22. The van der Waals surface area contributed by atoms with Crippen molar-refractivity contribution < 1.29 is 9.53 Å². The summed E-state index contributed by atoms with van der Waals surface area (Å²) in [6, 6.07) is 10.5. The fourth-order valence-electron chi connectivity index (χ4n) is 1.77. The Hall–Kier alpha value is -2.82. The lowest BCUT2D eigenvalue weighted by molar-refractivity contribution is -0.115. The number of benzene rings is 1. The van der Waals surface area contributed by atoms with Gasteiger partial charge in [0.1, 0.15) is 0 Å². The van der Waals surface area contributed by atoms with E-state index in [1.807, 2.05) is 12.1 Å². The molecule has 0 unspecified atom stereocenters. The first kappa shape index (κ1) is 11.3. The summed E-state index contributed by atoms with van der Waals surface area (Å²) in [5.41, 5.74) is 7.45. The number of anilines is 2. The molecule has 0 spiro atoms. The predicted molar refractivity (Wildman–Crippen MR) is 72.3 cm³/mol. The van der Waals surface area contributed by atoms with Gasteiger partial charge in [0.15, 0.2) is 11.5 Å². The second-order valence-electron chi connectivity index (χ2n) is 4.07. The molecule has 1 amide bonds. The van der Waals surface area contributed by atoms with Gasteiger partial charge in [-0.25, -0.2) is 0 Å². The van der Waals surface area contributed by atoms with Crippen LogP contribution in [0.1, 0.15) is 5.69 Å². The van der Waals surface area contributed by atoms with Gasteiger partial charge < -0.3 is 15.8 Å². The Bertz CT molecular complexity index is 666. The minimum atomic E-state index is -0.316. The zero-order valence-corrected chi connectivity index (χ0v) is 9.96. The number of hydrogen-bond acceptors (Lipinski definition) is 4. The van der Waals surface area contributed by atoms with E-state index in [-0.39, 0.29) is 11.7 Å². The van der Waals surface area contributed by atoms with Crippen molar-refractivity contribution in [1.82, 2.24) is 4.98 Å². The molecule has 0 bridgehead atoms. The number of rotatable bonds is 1. The van der Waals surface area contributed by atoms with Gasteiger partial charge in [0.2, 0.25) is 0 Å². The van der Waals surface area contributed by atoms with Crippen LogP contribution in [-0.4, -0.2) is 10.9 Å². The van der Waals surface area contributed by atoms with E-state index in [9.17, 15) is 4.79 Å². The summed E-state index contributed by atoms with van der Waals surface area (Å²) in [5.74, 6) is 0.454. The first-order valence-corrected chi connectivity index (χ1v) is 5.74. The van der Waals surface area contributed by atoms with Crippen LogP contribution >= 0.6 is 0 Å². The van der Waals surface area contributed by atoms with Crippen LogP contribution in [0, 0.1) is 0 Å². The number of ether oxygens (including phenoxy) is 1. The van der Waals surface area contributed by atoms with E-state index in [2.05, 4.69) is 10.3 Å². The molecule has 2 aromatic rings. The number of aromatic nitrogens is 1. The maximum Gasteiger partial charge on any atom is 0.291 e. The number of nitrogens with two attached hydrogens (primary N) is 1. The Morgan fingerprint density at radius 3 is 2.95 bits per heavy atom. The summed E-state index contributed by atoms with van der Waals surface area (Å²) in [7, 11) is 0. The first-order valence-electron chi connectivity index (χ1n) is 5.74. The number of nitrogens with one attached hydrogen (secondary N) is 1. The Kier molecular flexibility index (Phi) is 2.64. The molecule has 0 aliphatic carbocycles. The SMILES string of the molecule is Nc1ccc2c(c1)NC(=O)/C(=C\c1ccccn1)O2. The van der Waals surface area contributed by atoms with Gasteiger partial charge in [-0.2, -0.15) is 0 Å². The second kappa shape index (κ2) is 4.45. The van der Waals surface area contributed by atoms with Crippen LogP contribution < -0.4 is 15.8 Å². The third-order valence-electron chi connectivity index (χ3n) is 2.66. The highest BCUT2D eigenvalue weighted by molar-refractivity contribution is 6.08. The Labute approximate surface area is 109 Å². The quantitative estimate of drug-likeness (QED) is 0.602. The Balaban J connectivity index is 1.96. The standard InChI is InChI=1S/C14H11N3O2/c15-9-4-5-12-11(7-9)17-14(18)13(19-12)8-10-3-1-2-6-16-10/h1-8H,15H2,(H,17,18)/b13-8+. The van der Waals surface area contributed by atoms with Gasteiger partial charge in [0.05, 0.1) is 11.4 Å². The Morgan fingerprint density at radius 2 is 2.16 bits per heavy atom. The number of carbonyl (C=O) groups is 1. The number of fused-ring (bicyclic) bond motifs is 1. The lowest BCUT2D eigenvalue weighted by atomic mass is 10.2. The summed E-state index contributed by atoms with van der Waals surface area (Å²) in [6.45, 7) is 0. The van der Waals surface area contributed by atoms with Crippen LogP contribution in [0.15, 0.2) is 48.4 Å². The normalized spacial score (nSPS) is 15.6. The molecule has 0 saturated carbocycles. The van der Waals surface area contributed by atoms with Crippen molar-refractivity contribution in [2.24, 2.45) is 0 Å². The van der Waals surface area contributed by atoms with E-state index in [0.717, 1.165) is 0 Å². The molecule has 0 radical (unpaired) electrons. The van der Waals surface area contributed by atoms with Crippen molar-refractivity contribution in [3.8, 4) is 5.75 Å². The molecule has 19 heavy (non-hydrogen) atoms. The van der Waals surface area contributed by atoms with Gasteiger partial charge in [-0.1, -0.05) is 6.07 Å². The number of amides is 1. The molecule has 1 aliphatic rings. The fourth-order valence-corrected chi connectivity index (χ4v) is 1.77. The topological polar surface area (TPSA) is 77.2 Å². The number of pyridine rings is 1. The summed E-state index contributed by atoms with van der Waals surface area (Å²) < 4.78 is 5.56. The molecule has 1 aromatic carbocycles. The predicted octanol–water partition coefficient (Wildman–Crippen LogP) is 2.04. The molecule has 94 valence electrons. The molecule has 5 heteroatoms. The third-order valence-corrected chi connectivity index (χ3v) is 2.66. The van der Waals surface area contributed by atoms with E-state index < -0.39 is 0 Å². The molecule has 0 fully saturated rings. The molecule has 1 aromatic heterocycles. The highest BCUT2D eigenvalue weighted by atomic mass is 16.5. The van der Waals surface area contributed by atoms with Crippen molar-refractivity contribution in [3.05, 3.63) is 54.0 Å². The monoisotopic (exact) mass is 253 g/mol. The van der Waals surface area contributed by atoms with E-state index in [1.165, 1.54) is 0 Å². The minimum absolute atomic E-state index is 0.205. The third kappa shape index (κ3) is 2.26. The lowest BCUT2D eigenvalue weighted by Crippen LogP contribution is -2.23. The van der Waals surface area contributed by atoms with Crippen LogP contribution in [0.5, 0.6) is 5.75 Å². The van der Waals surface area contributed by atoms with E-state index in [4.69, 9.17) is 10.5 Å². The van der Waals surface area contributed by atoms with Gasteiger partial charge >= 0.3 is 0 Å². The van der Waals surface area contributed by atoms with Crippen molar-refractivity contribution in [2.75, 3.05) is 11.1 Å². The summed E-state index contributed by atoms with van der Waals surface area (Å²) >= 11 is 0. The highest BCUT2D eigenvalue weighted by Crippen LogP contribution is 2.32. The number of carbonyl (C=O) groups excluding carboxylic acids is 1. The van der Waals surface area contributed by atoms with Crippen molar-refractivity contribution >= 4 is 23.4 Å². The summed E-state index contributed by atoms with van der Waals surface area (Å²) in [4.78, 5) is 16.0. The van der Waals surface area contributed by atoms with E-state index >= 15 is 0 Å². The van der Waals surface area contributed by atoms with Crippen molar-refractivity contribution in [2.45, 2.75) is 0 Å². The molecule has 5 nitrogen and oxygen atoms in total. The fraction of sp³-hybridized carbons (Fsp3) is 0. The Morgan fingerprint density at radius 1 is 1.26 bits per heavy atom. The van der Waals surface area contributed by atoms with Gasteiger partial charge in [-0.05, 0) is 30.3 Å². The van der Waals surface area contributed by atoms with Gasteiger partial charge in [-0.15, -0.1) is 0 Å². The van der Waals surface area contributed by atoms with Crippen LogP contribution in [-0.2, 0) is 4.79 Å². The van der Waals surface area contributed by atoms with Gasteiger partial charge in [-0.3, -0.25) is 9.78 Å². The average molecular weight is 253 g/mol. The van der Waals surface area contributed by atoms with Crippen LogP contribution in [0.2, 0.25) is 0 Å². The smallest absolute Gasteiger partial charge is 0.291 e. The molecule has 3 N–H and O–H groups in total. The number of nitrogen functional groups attached to an aromatic ring is 1. The van der Waals surface area contributed by atoms with Gasteiger partial charge in [0.25, 0.3) is 5.91 Å².